The van der Waals surface area contributed by atoms with Gasteiger partial charge in [-0.25, -0.2) is 4.98 Å². The highest BCUT2D eigenvalue weighted by molar-refractivity contribution is 7.14. The topological polar surface area (TPSA) is 69.7 Å². The van der Waals surface area contributed by atoms with Gasteiger partial charge in [-0.1, -0.05) is 31.4 Å². The summed E-state index contributed by atoms with van der Waals surface area (Å²) in [4.78, 5) is 17.1. The first-order valence-corrected chi connectivity index (χ1v) is 13.3. The van der Waals surface area contributed by atoms with Gasteiger partial charge in [0.15, 0.2) is 16.6 Å². The van der Waals surface area contributed by atoms with Crippen molar-refractivity contribution < 1.29 is 32.2 Å². The molecule has 2 heterocycles. The van der Waals surface area contributed by atoms with Gasteiger partial charge in [0.05, 0.1) is 18.4 Å². The Kier molecular flexibility index (Phi) is 7.60. The zero-order valence-corrected chi connectivity index (χ0v) is 21.6. The molecule has 1 aliphatic carbocycles. The number of fused-ring (bicyclic) bond motifs is 1. The number of methoxy groups -OCH3 is 1. The standard InChI is InChI=1S/C28H27F3N2O4S/c1-35-24-13-18(17-5-3-2-4-6-17)7-9-20(24)21(28(29,30)31)15-26(34)33-27-32-22(16-38-27)19-8-10-23-25(14-19)37-12-11-36-23/h7-10,13-17H,2-6,11-12H2,1H3,(H,32,33,34)/b21-15-. The fourth-order valence-corrected chi connectivity index (χ4v) is 5.59. The van der Waals surface area contributed by atoms with Gasteiger partial charge in [-0.05, 0) is 48.6 Å². The summed E-state index contributed by atoms with van der Waals surface area (Å²) in [6, 6.07) is 10.1. The van der Waals surface area contributed by atoms with Crippen LogP contribution in [0.4, 0.5) is 18.3 Å². The fraction of sp³-hybridized carbons (Fsp3) is 0.357. The second-order valence-electron chi connectivity index (χ2n) is 9.24. The summed E-state index contributed by atoms with van der Waals surface area (Å²) in [5.41, 5.74) is 1.00. The van der Waals surface area contributed by atoms with Gasteiger partial charge in [0.25, 0.3) is 5.91 Å². The Hall–Kier alpha value is -3.53. The van der Waals surface area contributed by atoms with Crippen LogP contribution >= 0.6 is 11.3 Å². The molecule has 1 aromatic heterocycles. The number of alkyl halides is 3. The van der Waals surface area contributed by atoms with Gasteiger partial charge in [-0.3, -0.25) is 10.1 Å². The maximum atomic E-state index is 14.1. The molecule has 1 fully saturated rings. The van der Waals surface area contributed by atoms with Crippen molar-refractivity contribution in [1.29, 1.82) is 0 Å². The minimum absolute atomic E-state index is 0.0968. The lowest BCUT2D eigenvalue weighted by atomic mass is 9.83. The number of rotatable bonds is 6. The minimum atomic E-state index is -4.77. The number of nitrogens with zero attached hydrogens (tertiary/aromatic N) is 1. The summed E-state index contributed by atoms with van der Waals surface area (Å²) in [7, 11) is 1.34. The quantitative estimate of drug-likeness (QED) is 0.332. The third-order valence-electron chi connectivity index (χ3n) is 6.75. The van der Waals surface area contributed by atoms with Crippen LogP contribution in [0.25, 0.3) is 16.8 Å². The first-order chi connectivity index (χ1) is 18.3. The zero-order chi connectivity index (χ0) is 26.7. The zero-order valence-electron chi connectivity index (χ0n) is 20.8. The van der Waals surface area contributed by atoms with E-state index >= 15 is 0 Å². The normalized spacial score (nSPS) is 16.3. The molecule has 5 rings (SSSR count). The van der Waals surface area contributed by atoms with Crippen LogP contribution in [0.2, 0.25) is 0 Å². The SMILES string of the molecule is COc1cc(C2CCCCC2)ccc1/C(=C/C(=O)Nc1nc(-c2ccc3c(c2)OCCO3)cs1)C(F)(F)F. The van der Waals surface area contributed by atoms with Gasteiger partial charge in [-0.2, -0.15) is 13.2 Å². The maximum absolute atomic E-state index is 14.1. The second-order valence-corrected chi connectivity index (χ2v) is 10.1. The van der Waals surface area contributed by atoms with Crippen LogP contribution in [0.5, 0.6) is 17.2 Å². The highest BCUT2D eigenvalue weighted by Gasteiger charge is 2.37. The van der Waals surface area contributed by atoms with E-state index in [9.17, 15) is 18.0 Å². The Morgan fingerprint density at radius 3 is 2.58 bits per heavy atom. The molecule has 1 amide bonds. The predicted molar refractivity (Wildman–Crippen MR) is 140 cm³/mol. The molecule has 1 saturated carbocycles. The lowest BCUT2D eigenvalue weighted by Gasteiger charge is -2.23. The molecule has 0 radical (unpaired) electrons. The van der Waals surface area contributed by atoms with Crippen LogP contribution in [0, 0.1) is 0 Å². The molecule has 3 aromatic rings. The third kappa shape index (κ3) is 5.80. The maximum Gasteiger partial charge on any atom is 0.417 e. The molecular formula is C28H27F3N2O4S. The number of thiazole rings is 1. The van der Waals surface area contributed by atoms with Crippen molar-refractivity contribution in [2.75, 3.05) is 25.6 Å². The van der Waals surface area contributed by atoms with E-state index < -0.39 is 17.7 Å². The highest BCUT2D eigenvalue weighted by Crippen LogP contribution is 2.41. The van der Waals surface area contributed by atoms with E-state index in [2.05, 4.69) is 10.3 Å². The van der Waals surface area contributed by atoms with Crippen molar-refractivity contribution in [2.45, 2.75) is 44.2 Å². The largest absolute Gasteiger partial charge is 0.496 e. The van der Waals surface area contributed by atoms with Crippen LogP contribution < -0.4 is 19.5 Å². The third-order valence-corrected chi connectivity index (χ3v) is 7.50. The van der Waals surface area contributed by atoms with Gasteiger partial charge in [-0.15, -0.1) is 11.3 Å². The molecule has 0 saturated heterocycles. The summed E-state index contributed by atoms with van der Waals surface area (Å²) >= 11 is 1.12. The van der Waals surface area contributed by atoms with Crippen molar-refractivity contribution in [1.82, 2.24) is 4.98 Å². The molecule has 200 valence electrons. The number of halogens is 3. The van der Waals surface area contributed by atoms with Crippen LogP contribution in [-0.4, -0.2) is 37.4 Å². The number of ether oxygens (including phenoxy) is 3. The Morgan fingerprint density at radius 1 is 1.08 bits per heavy atom. The van der Waals surface area contributed by atoms with E-state index in [1.807, 2.05) is 0 Å². The molecule has 6 nitrogen and oxygen atoms in total. The monoisotopic (exact) mass is 544 g/mol. The molecular weight excluding hydrogens is 517 g/mol. The van der Waals surface area contributed by atoms with Gasteiger partial charge < -0.3 is 14.2 Å². The van der Waals surface area contributed by atoms with Gasteiger partial charge in [0.2, 0.25) is 0 Å². The van der Waals surface area contributed by atoms with Gasteiger partial charge >= 0.3 is 6.18 Å². The summed E-state index contributed by atoms with van der Waals surface area (Å²) < 4.78 is 58.8. The average molecular weight is 545 g/mol. The van der Waals surface area contributed by atoms with Crippen molar-refractivity contribution >= 4 is 27.9 Å². The molecule has 0 bridgehead atoms. The summed E-state index contributed by atoms with van der Waals surface area (Å²) in [6.45, 7) is 0.917. The van der Waals surface area contributed by atoms with Crippen molar-refractivity contribution in [3.05, 3.63) is 59.0 Å². The van der Waals surface area contributed by atoms with Crippen LogP contribution in [-0.2, 0) is 4.79 Å². The van der Waals surface area contributed by atoms with Crippen molar-refractivity contribution in [3.8, 4) is 28.5 Å². The van der Waals surface area contributed by atoms with E-state index in [4.69, 9.17) is 14.2 Å². The Bertz CT molecular complexity index is 1350. The molecule has 10 heteroatoms. The number of carbonyl (C=O) groups is 1. The van der Waals surface area contributed by atoms with Crippen LogP contribution in [0.1, 0.15) is 49.1 Å². The molecule has 0 spiro atoms. The average Bonchev–Trinajstić information content (AvgIpc) is 3.39. The van der Waals surface area contributed by atoms with Gasteiger partial charge in [0.1, 0.15) is 19.0 Å². The number of aromatic nitrogens is 1. The summed E-state index contributed by atoms with van der Waals surface area (Å²) in [6.07, 6.45) is 1.20. The second kappa shape index (κ2) is 11.1. The van der Waals surface area contributed by atoms with E-state index in [0.29, 0.717) is 42.4 Å². The van der Waals surface area contributed by atoms with Gasteiger partial charge in [0, 0.05) is 22.6 Å². The van der Waals surface area contributed by atoms with Crippen molar-refractivity contribution in [3.63, 3.8) is 0 Å². The lowest BCUT2D eigenvalue weighted by Crippen LogP contribution is -2.17. The lowest BCUT2D eigenvalue weighted by molar-refractivity contribution is -0.112. The van der Waals surface area contributed by atoms with E-state index in [-0.39, 0.29) is 16.4 Å². The number of hydrogen-bond acceptors (Lipinski definition) is 6. The molecule has 38 heavy (non-hydrogen) atoms. The van der Waals surface area contributed by atoms with E-state index in [1.165, 1.54) is 19.6 Å². The molecule has 0 unspecified atom stereocenters. The Labute approximate surface area is 222 Å². The number of benzene rings is 2. The fourth-order valence-electron chi connectivity index (χ4n) is 4.87. The molecule has 0 atom stereocenters. The number of nitrogens with one attached hydrogen (secondary N) is 1. The molecule has 1 N–H and O–H groups in total. The van der Waals surface area contributed by atoms with Crippen LogP contribution in [0.15, 0.2) is 47.9 Å². The summed E-state index contributed by atoms with van der Waals surface area (Å²) in [5.74, 6) is 0.698. The van der Waals surface area contributed by atoms with Crippen LogP contribution in [0.3, 0.4) is 0 Å². The molecule has 2 aliphatic rings. The Balaban J connectivity index is 1.36. The predicted octanol–water partition coefficient (Wildman–Crippen LogP) is 7.22. The van der Waals surface area contributed by atoms with E-state index in [1.54, 1.807) is 35.7 Å². The molecule has 2 aromatic carbocycles. The smallest absolute Gasteiger partial charge is 0.417 e. The summed E-state index contributed by atoms with van der Waals surface area (Å²) in [5, 5.41) is 4.35. The Morgan fingerprint density at radius 2 is 1.84 bits per heavy atom. The highest BCUT2D eigenvalue weighted by atomic mass is 32.1. The minimum Gasteiger partial charge on any atom is -0.496 e. The number of carbonyl (C=O) groups excluding carboxylic acids is 1. The van der Waals surface area contributed by atoms with Crippen molar-refractivity contribution in [2.24, 2.45) is 0 Å². The number of allylic oxidation sites excluding steroid dienone is 1. The first-order valence-electron chi connectivity index (χ1n) is 12.5. The first kappa shape index (κ1) is 26.1. The number of amides is 1. The molecule has 1 aliphatic heterocycles. The number of anilines is 1. The van der Waals surface area contributed by atoms with E-state index in [0.717, 1.165) is 48.1 Å². The number of hydrogen-bond donors (Lipinski definition) is 1.